The van der Waals surface area contributed by atoms with Crippen molar-refractivity contribution in [2.45, 2.75) is 119 Å². The quantitative estimate of drug-likeness (QED) is 0.0436. The molecule has 0 saturated carbocycles. The smallest absolute Gasteiger partial charge is 0.333 e. The van der Waals surface area contributed by atoms with Crippen LogP contribution in [0.2, 0.25) is 0 Å². The van der Waals surface area contributed by atoms with Gasteiger partial charge in [0.05, 0.1) is 36.0 Å². The summed E-state index contributed by atoms with van der Waals surface area (Å²) in [7, 11) is 0. The van der Waals surface area contributed by atoms with Crippen LogP contribution in [0.25, 0.3) is 0 Å². The maximum atomic E-state index is 11.4. The van der Waals surface area contributed by atoms with Crippen LogP contribution in [0.4, 0.5) is 22.7 Å². The van der Waals surface area contributed by atoms with E-state index in [0.29, 0.717) is 54.9 Å². The van der Waals surface area contributed by atoms with E-state index in [1.807, 2.05) is 116 Å². The number of nitrogens with zero attached hydrogens (tertiary/aromatic N) is 4. The van der Waals surface area contributed by atoms with Crippen molar-refractivity contribution >= 4 is 41.0 Å². The van der Waals surface area contributed by atoms with Gasteiger partial charge in [0.25, 0.3) is 0 Å². The van der Waals surface area contributed by atoms with E-state index in [1.54, 1.807) is 0 Å². The number of carbonyl (C=O) groups is 3. The average molecular weight is 797 g/mol. The fourth-order valence-corrected chi connectivity index (χ4v) is 5.39. The van der Waals surface area contributed by atoms with Crippen molar-refractivity contribution in [3.8, 4) is 11.5 Å². The van der Waals surface area contributed by atoms with Gasteiger partial charge in [-0.25, -0.2) is 9.59 Å². The lowest BCUT2D eigenvalue weighted by Gasteiger charge is -2.10. The Morgan fingerprint density at radius 3 is 1.28 bits per heavy atom. The summed E-state index contributed by atoms with van der Waals surface area (Å²) < 4.78 is 22.3. The Hall–Kier alpha value is -5.71. The molecule has 0 aliphatic carbocycles. The topological polar surface area (TPSA) is 138 Å². The number of aryl methyl sites for hydroxylation is 2. The van der Waals surface area contributed by atoms with Gasteiger partial charge in [0.15, 0.2) is 0 Å². The van der Waals surface area contributed by atoms with Gasteiger partial charge in [-0.15, -0.1) is 0 Å². The highest BCUT2D eigenvalue weighted by Gasteiger charge is 2.27. The van der Waals surface area contributed by atoms with Crippen molar-refractivity contribution < 1.29 is 33.3 Å². The van der Waals surface area contributed by atoms with E-state index in [2.05, 4.69) is 40.2 Å². The number of benzene rings is 3. The zero-order valence-corrected chi connectivity index (χ0v) is 35.9. The molecule has 3 aromatic carbocycles. The second-order valence-electron chi connectivity index (χ2n) is 12.5. The highest BCUT2D eigenvalue weighted by Crippen LogP contribution is 2.30. The van der Waals surface area contributed by atoms with E-state index in [-0.39, 0.29) is 24.1 Å². The fraction of sp³-hybridized carbons (Fsp3) is 0.426. The molecule has 0 spiro atoms. The molecule has 2 atom stereocenters. The van der Waals surface area contributed by atoms with Crippen LogP contribution in [0.5, 0.6) is 11.5 Å². The van der Waals surface area contributed by atoms with Crippen molar-refractivity contribution in [3.63, 3.8) is 0 Å². The van der Waals surface area contributed by atoms with Crippen LogP contribution in [-0.4, -0.2) is 43.6 Å². The molecule has 2 heterocycles. The number of cyclic esters (lactones) is 2. The summed E-state index contributed by atoms with van der Waals surface area (Å²) in [5, 5.41) is 17.6. The largest absolute Gasteiger partial charge is 0.494 e. The minimum absolute atomic E-state index is 0.0470. The van der Waals surface area contributed by atoms with Crippen LogP contribution >= 0.6 is 0 Å². The van der Waals surface area contributed by atoms with Gasteiger partial charge in [-0.05, 0) is 130 Å². The van der Waals surface area contributed by atoms with Crippen LogP contribution in [0, 0.1) is 13.8 Å². The molecule has 0 aromatic heterocycles. The summed E-state index contributed by atoms with van der Waals surface area (Å²) in [6.45, 7) is 27.7. The monoisotopic (exact) mass is 796 g/mol. The van der Waals surface area contributed by atoms with Crippen LogP contribution in [-0.2, 0) is 23.9 Å². The Labute approximate surface area is 346 Å². The molecule has 11 heteroatoms. The number of allylic oxidation sites excluding steroid dienone is 1. The lowest BCUT2D eigenvalue weighted by atomic mass is 10.1. The maximum Gasteiger partial charge on any atom is 0.333 e. The Bertz CT molecular complexity index is 1640. The zero-order chi connectivity index (χ0) is 43.3. The van der Waals surface area contributed by atoms with Gasteiger partial charge in [-0.2, -0.15) is 20.5 Å². The number of azo groups is 2. The third-order valence-corrected chi connectivity index (χ3v) is 8.28. The van der Waals surface area contributed by atoms with Crippen molar-refractivity contribution in [3.05, 3.63) is 109 Å². The first kappa shape index (κ1) is 50.3. The minimum Gasteiger partial charge on any atom is -0.494 e. The van der Waals surface area contributed by atoms with E-state index < -0.39 is 0 Å². The highest BCUT2D eigenvalue weighted by molar-refractivity contribution is 5.90. The minimum atomic E-state index is -0.272. The Morgan fingerprint density at radius 2 is 0.983 bits per heavy atom. The van der Waals surface area contributed by atoms with Gasteiger partial charge in [0.1, 0.15) is 30.0 Å². The lowest BCUT2D eigenvalue weighted by Crippen LogP contribution is -2.07. The van der Waals surface area contributed by atoms with E-state index in [9.17, 15) is 9.59 Å². The Balaban J connectivity index is 0.00000154. The second-order valence-corrected chi connectivity index (χ2v) is 12.5. The van der Waals surface area contributed by atoms with E-state index in [0.717, 1.165) is 72.5 Å². The molecule has 2 fully saturated rings. The number of carbonyl (C=O) groups excluding carboxylic acids is 3. The van der Waals surface area contributed by atoms with E-state index in [1.165, 1.54) is 6.08 Å². The van der Waals surface area contributed by atoms with Crippen molar-refractivity contribution in [2.75, 3.05) is 13.2 Å². The number of rotatable bonds is 17. The molecule has 2 aliphatic heterocycles. The summed E-state index contributed by atoms with van der Waals surface area (Å²) in [4.78, 5) is 31.9. The fourth-order valence-electron chi connectivity index (χ4n) is 5.39. The molecular weight excluding hydrogens is 733 g/mol. The van der Waals surface area contributed by atoms with Gasteiger partial charge >= 0.3 is 11.9 Å². The molecule has 0 amide bonds. The first-order chi connectivity index (χ1) is 28.1. The third-order valence-electron chi connectivity index (χ3n) is 8.28. The number of hydrogen-bond donors (Lipinski definition) is 0. The zero-order valence-electron chi connectivity index (χ0n) is 35.9. The number of esters is 2. The number of hydrogen-bond acceptors (Lipinski definition) is 11. The lowest BCUT2D eigenvalue weighted by molar-refractivity contribution is -0.140. The first-order valence-corrected chi connectivity index (χ1v) is 20.4. The summed E-state index contributed by atoms with van der Waals surface area (Å²) in [5.74, 6) is 1.03. The maximum absolute atomic E-state index is 11.4. The van der Waals surface area contributed by atoms with Gasteiger partial charge in [-0.3, -0.25) is 4.79 Å². The van der Waals surface area contributed by atoms with Gasteiger partial charge in [-0.1, -0.05) is 61.3 Å². The highest BCUT2D eigenvalue weighted by atomic mass is 16.6. The molecule has 0 radical (unpaired) electrons. The molecule has 0 N–H and O–H groups in total. The molecular formula is C47H64N4O7. The summed E-state index contributed by atoms with van der Waals surface area (Å²) in [6, 6.07) is 18.9. The molecule has 3 aromatic rings. The van der Waals surface area contributed by atoms with E-state index in [4.69, 9.17) is 23.7 Å². The third kappa shape index (κ3) is 18.5. The number of aldehydes is 1. The number of ether oxygens (including phenoxy) is 4. The molecule has 58 heavy (non-hydrogen) atoms. The van der Waals surface area contributed by atoms with Crippen molar-refractivity contribution in [1.82, 2.24) is 0 Å². The standard InChI is InChI=1S/C38H42N4O6.C3H4O.3C2H6/c1-25-21-31(45-19-7-5-9-33-23-27(3)37(43)47-33)15-17-35(25)41-39-29-11-13-30(14-12-29)40-42-36-18-16-32(22-26(36)2)46-20-8-6-10-34-24-28(4)38(44)48-34;1-2-3-4;3*1-2/h11-18,21-22,33-34H,3-10,19-20,23-24H2,1-2H3;2-3H,1H2;3*1-2H3. The average Bonchev–Trinajstić information content (AvgIpc) is 3.75. The van der Waals surface area contributed by atoms with Crippen molar-refractivity contribution in [2.24, 2.45) is 20.5 Å². The molecule has 2 aliphatic rings. The van der Waals surface area contributed by atoms with E-state index >= 15 is 0 Å². The molecule has 314 valence electrons. The van der Waals surface area contributed by atoms with Crippen LogP contribution in [0.3, 0.4) is 0 Å². The number of unbranched alkanes of at least 4 members (excludes halogenated alkanes) is 2. The summed E-state index contributed by atoms with van der Waals surface area (Å²) in [6.07, 6.45) is 8.22. The van der Waals surface area contributed by atoms with Crippen LogP contribution < -0.4 is 9.47 Å². The Kier molecular flexibility index (Phi) is 25.6. The molecule has 11 nitrogen and oxygen atoms in total. The predicted octanol–water partition coefficient (Wildman–Crippen LogP) is 13.4. The SMILES string of the molecule is C=C1CC(CCCCOc2ccc(N=Nc3ccc(N=Nc4ccc(OCCCCC5CC(=C)C(=O)O5)cc4C)cc3)c(C)c2)OC1=O.C=CC=O.CC.CC.CC. The molecule has 0 bridgehead atoms. The molecule has 2 saturated heterocycles. The molecule has 2 unspecified atom stereocenters. The summed E-state index contributed by atoms with van der Waals surface area (Å²) in [5.41, 5.74) is 5.99. The normalized spacial score (nSPS) is 15.4. The Morgan fingerprint density at radius 1 is 0.621 bits per heavy atom. The first-order valence-electron chi connectivity index (χ1n) is 20.4. The van der Waals surface area contributed by atoms with Gasteiger partial charge in [0.2, 0.25) is 0 Å². The van der Waals surface area contributed by atoms with Crippen molar-refractivity contribution in [1.29, 1.82) is 0 Å². The summed E-state index contributed by atoms with van der Waals surface area (Å²) >= 11 is 0. The van der Waals surface area contributed by atoms with Gasteiger partial charge < -0.3 is 18.9 Å². The second kappa shape index (κ2) is 29.5. The van der Waals surface area contributed by atoms with Crippen LogP contribution in [0.15, 0.2) is 118 Å². The van der Waals surface area contributed by atoms with Gasteiger partial charge in [0, 0.05) is 24.0 Å². The van der Waals surface area contributed by atoms with Crippen LogP contribution in [0.1, 0.15) is 104 Å². The predicted molar refractivity (Wildman–Crippen MR) is 233 cm³/mol. The molecule has 5 rings (SSSR count).